The quantitative estimate of drug-likeness (QED) is 0.559. The van der Waals surface area contributed by atoms with Crippen LogP contribution in [0.1, 0.15) is 12.0 Å². The van der Waals surface area contributed by atoms with E-state index in [0.717, 1.165) is 0 Å². The van der Waals surface area contributed by atoms with E-state index in [2.05, 4.69) is 4.99 Å². The number of benzene rings is 1. The van der Waals surface area contributed by atoms with Gasteiger partial charge in [0.05, 0.1) is 17.1 Å². The zero-order valence-electron chi connectivity index (χ0n) is 8.29. The Morgan fingerprint density at radius 3 is 2.88 bits per heavy atom. The first-order valence-electron chi connectivity index (χ1n) is 4.68. The number of nitro benzene ring substituents is 1. The fourth-order valence-electron chi connectivity index (χ4n) is 1.46. The van der Waals surface area contributed by atoms with Gasteiger partial charge < -0.3 is 0 Å². The highest BCUT2D eigenvalue weighted by Crippen LogP contribution is 2.16. The van der Waals surface area contributed by atoms with E-state index in [1.807, 2.05) is 0 Å². The number of carbonyl (C=O) groups is 1. The number of allylic oxidation sites excluding steroid dienone is 1. The summed E-state index contributed by atoms with van der Waals surface area (Å²) in [4.78, 5) is 25.3. The molecule has 0 aromatic heterocycles. The Balaban J connectivity index is 2.37. The van der Waals surface area contributed by atoms with E-state index in [1.54, 1.807) is 12.1 Å². The van der Waals surface area contributed by atoms with Crippen molar-refractivity contribution >= 4 is 17.2 Å². The fraction of sp³-hybridized carbons (Fsp3) is 0.0909. The summed E-state index contributed by atoms with van der Waals surface area (Å²) in [6.07, 6.45) is 3.00. The third-order valence-corrected chi connectivity index (χ3v) is 2.22. The minimum Gasteiger partial charge on any atom is -0.294 e. The third kappa shape index (κ3) is 2.03. The maximum atomic E-state index is 11.2. The first-order chi connectivity index (χ1) is 7.66. The summed E-state index contributed by atoms with van der Waals surface area (Å²) in [6, 6.07) is 6.12. The second kappa shape index (κ2) is 4.06. The molecule has 1 aromatic rings. The van der Waals surface area contributed by atoms with E-state index in [9.17, 15) is 14.9 Å². The highest BCUT2D eigenvalue weighted by Gasteiger charge is 2.13. The number of non-ortho nitro benzene ring substituents is 1. The summed E-state index contributed by atoms with van der Waals surface area (Å²) < 4.78 is 0. The van der Waals surface area contributed by atoms with Crippen LogP contribution in [0.4, 0.5) is 5.69 Å². The molecule has 0 amide bonds. The Hall–Kier alpha value is -2.30. The van der Waals surface area contributed by atoms with Gasteiger partial charge in [-0.05, 0) is 6.08 Å². The molecule has 1 heterocycles. The Kier molecular flexibility index (Phi) is 2.59. The Morgan fingerprint density at radius 1 is 1.38 bits per heavy atom. The lowest BCUT2D eigenvalue weighted by Crippen LogP contribution is -2.10. The maximum absolute atomic E-state index is 11.2. The van der Waals surface area contributed by atoms with Crippen molar-refractivity contribution in [1.29, 1.82) is 0 Å². The summed E-state index contributed by atoms with van der Waals surface area (Å²) in [5.74, 6) is -0.0449. The Labute approximate surface area is 91.3 Å². The van der Waals surface area contributed by atoms with E-state index in [4.69, 9.17) is 0 Å². The molecular weight excluding hydrogens is 208 g/mol. The lowest BCUT2D eigenvalue weighted by atomic mass is 10.0. The highest BCUT2D eigenvalue weighted by molar-refractivity contribution is 6.15. The van der Waals surface area contributed by atoms with Crippen LogP contribution in [0.2, 0.25) is 0 Å². The number of hydrogen-bond acceptors (Lipinski definition) is 4. The molecule has 1 aliphatic rings. The molecular formula is C11H8N2O3. The van der Waals surface area contributed by atoms with Crippen LogP contribution in [0.25, 0.3) is 0 Å². The van der Waals surface area contributed by atoms with Crippen molar-refractivity contribution in [3.63, 3.8) is 0 Å². The molecule has 0 atom stereocenters. The van der Waals surface area contributed by atoms with Crippen molar-refractivity contribution in [1.82, 2.24) is 0 Å². The maximum Gasteiger partial charge on any atom is 0.270 e. The molecule has 0 spiro atoms. The molecule has 1 aromatic carbocycles. The van der Waals surface area contributed by atoms with Crippen molar-refractivity contribution in [3.05, 3.63) is 52.2 Å². The lowest BCUT2D eigenvalue weighted by Gasteiger charge is -2.06. The molecule has 0 aliphatic carbocycles. The van der Waals surface area contributed by atoms with Crippen molar-refractivity contribution in [2.24, 2.45) is 4.99 Å². The minimum absolute atomic E-state index is 0.00204. The van der Waals surface area contributed by atoms with Crippen LogP contribution in [0.15, 0.2) is 41.5 Å². The molecule has 2 rings (SSSR count). The first kappa shape index (κ1) is 10.2. The van der Waals surface area contributed by atoms with E-state index >= 15 is 0 Å². The van der Waals surface area contributed by atoms with Gasteiger partial charge in [-0.3, -0.25) is 19.9 Å². The minimum atomic E-state index is -0.468. The summed E-state index contributed by atoms with van der Waals surface area (Å²) in [5.41, 5.74) is 1.19. The Bertz CT molecular complexity index is 518. The van der Waals surface area contributed by atoms with E-state index < -0.39 is 4.92 Å². The average molecular weight is 216 g/mol. The summed E-state index contributed by atoms with van der Waals surface area (Å²) in [5, 5.41) is 10.6. The largest absolute Gasteiger partial charge is 0.294 e. The molecule has 80 valence electrons. The van der Waals surface area contributed by atoms with Gasteiger partial charge >= 0.3 is 0 Å². The molecule has 0 unspecified atom stereocenters. The number of aliphatic imine (C=N–C) groups is 1. The molecule has 0 fully saturated rings. The molecule has 1 aliphatic heterocycles. The fourth-order valence-corrected chi connectivity index (χ4v) is 1.46. The smallest absolute Gasteiger partial charge is 0.270 e. The van der Waals surface area contributed by atoms with Crippen LogP contribution in [0.3, 0.4) is 0 Å². The normalized spacial score (nSPS) is 14.8. The van der Waals surface area contributed by atoms with Crippen LogP contribution in [0.5, 0.6) is 0 Å². The predicted octanol–water partition coefficient (Wildman–Crippen LogP) is 1.87. The van der Waals surface area contributed by atoms with Crippen molar-refractivity contribution in [2.75, 3.05) is 0 Å². The topological polar surface area (TPSA) is 72.6 Å². The lowest BCUT2D eigenvalue weighted by molar-refractivity contribution is -0.384. The molecule has 5 heteroatoms. The van der Waals surface area contributed by atoms with Gasteiger partial charge in [0, 0.05) is 23.9 Å². The monoisotopic (exact) mass is 216 g/mol. The van der Waals surface area contributed by atoms with Gasteiger partial charge in [-0.25, -0.2) is 0 Å². The number of hydrogen-bond donors (Lipinski definition) is 0. The zero-order chi connectivity index (χ0) is 11.5. The first-order valence-corrected chi connectivity index (χ1v) is 4.68. The molecule has 0 bridgehead atoms. The van der Waals surface area contributed by atoms with E-state index in [1.165, 1.54) is 24.4 Å². The SMILES string of the molecule is O=C1C=CN=C(c2cccc([N+](=O)[O-])c2)C1. The van der Waals surface area contributed by atoms with Crippen LogP contribution in [-0.2, 0) is 4.79 Å². The number of nitro groups is 1. The second-order valence-corrected chi connectivity index (χ2v) is 3.34. The van der Waals surface area contributed by atoms with Gasteiger partial charge in [0.2, 0.25) is 0 Å². The van der Waals surface area contributed by atoms with E-state index in [0.29, 0.717) is 11.3 Å². The summed E-state index contributed by atoms with van der Waals surface area (Å²) in [6.45, 7) is 0. The molecule has 0 saturated heterocycles. The van der Waals surface area contributed by atoms with Crippen LogP contribution in [0, 0.1) is 10.1 Å². The van der Waals surface area contributed by atoms with Gasteiger partial charge in [-0.2, -0.15) is 0 Å². The Morgan fingerprint density at radius 2 is 2.19 bits per heavy atom. The number of carbonyl (C=O) groups excluding carboxylic acids is 1. The molecule has 0 saturated carbocycles. The van der Waals surface area contributed by atoms with Crippen molar-refractivity contribution in [2.45, 2.75) is 6.42 Å². The zero-order valence-corrected chi connectivity index (χ0v) is 8.29. The number of nitrogens with zero attached hydrogens (tertiary/aromatic N) is 2. The summed E-state index contributed by atoms with van der Waals surface area (Å²) in [7, 11) is 0. The number of ketones is 1. The molecule has 5 nitrogen and oxygen atoms in total. The van der Waals surface area contributed by atoms with Gasteiger partial charge in [0.25, 0.3) is 5.69 Å². The average Bonchev–Trinajstić information content (AvgIpc) is 2.29. The highest BCUT2D eigenvalue weighted by atomic mass is 16.6. The third-order valence-electron chi connectivity index (χ3n) is 2.22. The number of rotatable bonds is 2. The molecule has 0 N–H and O–H groups in total. The van der Waals surface area contributed by atoms with Gasteiger partial charge in [-0.15, -0.1) is 0 Å². The predicted molar refractivity (Wildman–Crippen MR) is 58.4 cm³/mol. The second-order valence-electron chi connectivity index (χ2n) is 3.34. The van der Waals surface area contributed by atoms with Crippen molar-refractivity contribution in [3.8, 4) is 0 Å². The standard InChI is InChI=1S/C11H8N2O3/c14-10-4-5-12-11(7-10)8-2-1-3-9(6-8)13(15)16/h1-6H,7H2. The summed E-state index contributed by atoms with van der Waals surface area (Å²) >= 11 is 0. The van der Waals surface area contributed by atoms with Gasteiger partial charge in [0.1, 0.15) is 0 Å². The molecule has 16 heavy (non-hydrogen) atoms. The van der Waals surface area contributed by atoms with Gasteiger partial charge in [0.15, 0.2) is 5.78 Å². The van der Waals surface area contributed by atoms with Crippen LogP contribution >= 0.6 is 0 Å². The van der Waals surface area contributed by atoms with Crippen molar-refractivity contribution < 1.29 is 9.72 Å². The van der Waals surface area contributed by atoms with Crippen LogP contribution < -0.4 is 0 Å². The van der Waals surface area contributed by atoms with Gasteiger partial charge in [-0.1, -0.05) is 12.1 Å². The van der Waals surface area contributed by atoms with E-state index in [-0.39, 0.29) is 17.9 Å². The van der Waals surface area contributed by atoms with Crippen LogP contribution in [-0.4, -0.2) is 16.4 Å². The molecule has 0 radical (unpaired) electrons.